The standard InChI is InChI=1S/C9H17ClO2/c1-3-9(4-5-9)8(12)7(10)6(2)11/h6-8,11-12H,3-5H2,1-2H3. The van der Waals surface area contributed by atoms with Gasteiger partial charge in [0.25, 0.3) is 0 Å². The third-order valence-corrected chi connectivity index (χ3v) is 3.59. The Hall–Kier alpha value is 0.210. The van der Waals surface area contributed by atoms with Gasteiger partial charge in [-0.05, 0) is 31.6 Å². The molecule has 2 N–H and O–H groups in total. The molecule has 1 aliphatic carbocycles. The van der Waals surface area contributed by atoms with Crippen LogP contribution in [0.25, 0.3) is 0 Å². The molecule has 0 aromatic heterocycles. The molecule has 12 heavy (non-hydrogen) atoms. The lowest BCUT2D eigenvalue weighted by Crippen LogP contribution is -2.37. The van der Waals surface area contributed by atoms with Gasteiger partial charge in [-0.3, -0.25) is 0 Å². The predicted molar refractivity (Wildman–Crippen MR) is 49.3 cm³/mol. The highest BCUT2D eigenvalue weighted by Gasteiger charge is 2.50. The van der Waals surface area contributed by atoms with Crippen molar-refractivity contribution in [2.24, 2.45) is 5.41 Å². The van der Waals surface area contributed by atoms with Crippen LogP contribution in [0.15, 0.2) is 0 Å². The van der Waals surface area contributed by atoms with E-state index in [0.29, 0.717) is 0 Å². The van der Waals surface area contributed by atoms with Gasteiger partial charge in [-0.2, -0.15) is 0 Å². The highest BCUT2D eigenvalue weighted by Crippen LogP contribution is 2.53. The van der Waals surface area contributed by atoms with Gasteiger partial charge in [-0.15, -0.1) is 11.6 Å². The lowest BCUT2D eigenvalue weighted by atomic mass is 9.92. The average Bonchev–Trinajstić information content (AvgIpc) is 2.82. The number of alkyl halides is 1. The Balaban J connectivity index is 2.52. The van der Waals surface area contributed by atoms with Gasteiger partial charge in [0.15, 0.2) is 0 Å². The van der Waals surface area contributed by atoms with Crippen LogP contribution in [0.4, 0.5) is 0 Å². The second kappa shape index (κ2) is 3.52. The van der Waals surface area contributed by atoms with Crippen LogP contribution < -0.4 is 0 Å². The molecule has 0 aromatic carbocycles. The van der Waals surface area contributed by atoms with Gasteiger partial charge < -0.3 is 10.2 Å². The van der Waals surface area contributed by atoms with Crippen LogP contribution in [0.1, 0.15) is 33.1 Å². The summed E-state index contributed by atoms with van der Waals surface area (Å²) in [6.07, 6.45) is 1.85. The first-order chi connectivity index (χ1) is 5.53. The van der Waals surface area contributed by atoms with Crippen molar-refractivity contribution in [3.63, 3.8) is 0 Å². The summed E-state index contributed by atoms with van der Waals surface area (Å²) in [6, 6.07) is 0. The third-order valence-electron chi connectivity index (χ3n) is 2.99. The third kappa shape index (κ3) is 1.76. The van der Waals surface area contributed by atoms with Crippen molar-refractivity contribution < 1.29 is 10.2 Å². The monoisotopic (exact) mass is 192 g/mol. The topological polar surface area (TPSA) is 40.5 Å². The number of aliphatic hydroxyl groups excluding tert-OH is 2. The molecule has 0 aliphatic heterocycles. The van der Waals surface area contributed by atoms with E-state index in [0.717, 1.165) is 19.3 Å². The maximum absolute atomic E-state index is 9.79. The van der Waals surface area contributed by atoms with Crippen molar-refractivity contribution in [3.8, 4) is 0 Å². The fourth-order valence-electron chi connectivity index (χ4n) is 1.62. The van der Waals surface area contributed by atoms with Crippen molar-refractivity contribution in [2.75, 3.05) is 0 Å². The second-order valence-electron chi connectivity index (χ2n) is 3.85. The van der Waals surface area contributed by atoms with Crippen LogP contribution in [0.5, 0.6) is 0 Å². The van der Waals surface area contributed by atoms with Crippen LogP contribution in [0.2, 0.25) is 0 Å². The molecule has 0 aromatic rings. The van der Waals surface area contributed by atoms with Gasteiger partial charge in [0.2, 0.25) is 0 Å². The molecule has 0 radical (unpaired) electrons. The molecule has 2 nitrogen and oxygen atoms in total. The summed E-state index contributed by atoms with van der Waals surface area (Å²) in [6.45, 7) is 3.68. The molecule has 72 valence electrons. The first-order valence-electron chi connectivity index (χ1n) is 4.54. The molecule has 0 spiro atoms. The molecule has 3 atom stereocenters. The molecular formula is C9H17ClO2. The van der Waals surface area contributed by atoms with Gasteiger partial charge in [0.1, 0.15) is 0 Å². The van der Waals surface area contributed by atoms with Crippen molar-refractivity contribution in [2.45, 2.75) is 50.7 Å². The highest BCUT2D eigenvalue weighted by atomic mass is 35.5. The zero-order chi connectivity index (χ0) is 9.35. The fraction of sp³-hybridized carbons (Fsp3) is 1.00. The summed E-state index contributed by atoms with van der Waals surface area (Å²) in [5.41, 5.74) is 0.0173. The molecule has 0 bridgehead atoms. The SMILES string of the molecule is CCC1(C(O)C(Cl)C(C)O)CC1. The Morgan fingerprint density at radius 2 is 1.92 bits per heavy atom. The van der Waals surface area contributed by atoms with E-state index in [1.807, 2.05) is 0 Å². The molecule has 0 amide bonds. The van der Waals surface area contributed by atoms with Gasteiger partial charge in [0.05, 0.1) is 17.6 Å². The molecule has 1 fully saturated rings. The Labute approximate surface area is 78.5 Å². The lowest BCUT2D eigenvalue weighted by molar-refractivity contribution is 0.0428. The fourth-order valence-corrected chi connectivity index (χ4v) is 1.89. The van der Waals surface area contributed by atoms with Crippen molar-refractivity contribution in [1.82, 2.24) is 0 Å². The van der Waals surface area contributed by atoms with Gasteiger partial charge in [-0.1, -0.05) is 6.92 Å². The quantitative estimate of drug-likeness (QED) is 0.664. The smallest absolute Gasteiger partial charge is 0.0856 e. The summed E-state index contributed by atoms with van der Waals surface area (Å²) in [5, 5.41) is 18.5. The molecule has 3 heteroatoms. The largest absolute Gasteiger partial charge is 0.392 e. The normalized spacial score (nSPS) is 27.8. The van der Waals surface area contributed by atoms with E-state index >= 15 is 0 Å². The minimum Gasteiger partial charge on any atom is -0.392 e. The van der Waals surface area contributed by atoms with E-state index in [-0.39, 0.29) is 5.41 Å². The first-order valence-corrected chi connectivity index (χ1v) is 4.97. The average molecular weight is 193 g/mol. The molecular weight excluding hydrogens is 176 g/mol. The van der Waals surface area contributed by atoms with Crippen molar-refractivity contribution in [1.29, 1.82) is 0 Å². The first kappa shape index (κ1) is 10.3. The van der Waals surface area contributed by atoms with Gasteiger partial charge in [0, 0.05) is 0 Å². The van der Waals surface area contributed by atoms with Crippen LogP contribution in [-0.4, -0.2) is 27.8 Å². The number of aliphatic hydroxyl groups is 2. The van der Waals surface area contributed by atoms with Crippen LogP contribution >= 0.6 is 11.6 Å². The van der Waals surface area contributed by atoms with E-state index in [9.17, 15) is 10.2 Å². The van der Waals surface area contributed by atoms with Gasteiger partial charge >= 0.3 is 0 Å². The summed E-state index contributed by atoms with van der Waals surface area (Å²) >= 11 is 5.87. The molecule has 1 aliphatic rings. The number of rotatable bonds is 4. The summed E-state index contributed by atoms with van der Waals surface area (Å²) in [4.78, 5) is 0. The Kier molecular flexibility index (Phi) is 3.02. The zero-order valence-electron chi connectivity index (χ0n) is 7.63. The van der Waals surface area contributed by atoms with E-state index in [1.54, 1.807) is 6.92 Å². The maximum Gasteiger partial charge on any atom is 0.0856 e. The van der Waals surface area contributed by atoms with E-state index in [1.165, 1.54) is 0 Å². The Morgan fingerprint density at radius 1 is 1.42 bits per heavy atom. The van der Waals surface area contributed by atoms with Gasteiger partial charge in [-0.25, -0.2) is 0 Å². The predicted octanol–water partition coefficient (Wildman–Crippen LogP) is 1.53. The summed E-state index contributed by atoms with van der Waals surface area (Å²) < 4.78 is 0. The van der Waals surface area contributed by atoms with Crippen LogP contribution in [0.3, 0.4) is 0 Å². The van der Waals surface area contributed by atoms with Crippen LogP contribution in [-0.2, 0) is 0 Å². The lowest BCUT2D eigenvalue weighted by Gasteiger charge is -2.26. The van der Waals surface area contributed by atoms with Crippen LogP contribution in [0, 0.1) is 5.41 Å². The minimum atomic E-state index is -0.634. The molecule has 0 saturated heterocycles. The van der Waals surface area contributed by atoms with E-state index < -0.39 is 17.6 Å². The van der Waals surface area contributed by atoms with Crippen molar-refractivity contribution >= 4 is 11.6 Å². The summed E-state index contributed by atoms with van der Waals surface area (Å²) in [5.74, 6) is 0. The second-order valence-corrected chi connectivity index (χ2v) is 4.35. The molecule has 1 rings (SSSR count). The molecule has 0 heterocycles. The van der Waals surface area contributed by atoms with E-state index in [2.05, 4.69) is 6.92 Å². The Bertz CT molecular complexity index is 155. The highest BCUT2D eigenvalue weighted by molar-refractivity contribution is 6.21. The molecule has 1 saturated carbocycles. The van der Waals surface area contributed by atoms with E-state index in [4.69, 9.17) is 11.6 Å². The zero-order valence-corrected chi connectivity index (χ0v) is 8.38. The number of hydrogen-bond donors (Lipinski definition) is 2. The van der Waals surface area contributed by atoms with Crippen molar-refractivity contribution in [3.05, 3.63) is 0 Å². The summed E-state index contributed by atoms with van der Waals surface area (Å²) in [7, 11) is 0. The Morgan fingerprint density at radius 3 is 2.17 bits per heavy atom. The maximum atomic E-state index is 9.79. The number of halogens is 1. The minimum absolute atomic E-state index is 0.0173. The number of hydrogen-bond acceptors (Lipinski definition) is 2. The molecule has 3 unspecified atom stereocenters.